The Morgan fingerprint density at radius 3 is 1.92 bits per heavy atom. The monoisotopic (exact) mass is 245 g/mol. The molecule has 0 rings (SSSR count). The van der Waals surface area contributed by atoms with Crippen molar-refractivity contribution in [2.75, 3.05) is 0 Å². The Labute approximate surface area is 78.3 Å². The average Bonchev–Trinajstić information content (AvgIpc) is 1.82. The quantitative estimate of drug-likeness (QED) is 0.314. The van der Waals surface area contributed by atoms with Crippen LogP contribution >= 0.6 is 23.5 Å². The summed E-state index contributed by atoms with van der Waals surface area (Å²) in [4.78, 5) is 0. The number of hydrogen-bond acceptors (Lipinski definition) is 2. The minimum Gasteiger partial charge on any atom is -0.218 e. The highest BCUT2D eigenvalue weighted by molar-refractivity contribution is 8.00. The smallest absolute Gasteiger partial charge is 0.218 e. The van der Waals surface area contributed by atoms with Crippen LogP contribution in [-0.2, 0) is 0 Å². The molecule has 78 valence electrons. The zero-order valence-corrected chi connectivity index (χ0v) is 7.23. The molecule has 9 heteroatoms. The summed E-state index contributed by atoms with van der Waals surface area (Å²) in [7, 11) is 0. The first kappa shape index (κ1) is 12.9. The largest absolute Gasteiger partial charge is 0.427 e. The van der Waals surface area contributed by atoms with Crippen LogP contribution in [0.25, 0.3) is 0 Å². The van der Waals surface area contributed by atoms with Gasteiger partial charge in [0.2, 0.25) is 0 Å². The highest BCUT2D eigenvalue weighted by Gasteiger charge is 2.39. The van der Waals surface area contributed by atoms with Crippen molar-refractivity contribution >= 4 is 29.8 Å². The molecule has 0 aliphatic rings. The molecule has 1 nitrogen and oxygen atoms in total. The van der Waals surface area contributed by atoms with Gasteiger partial charge in [-0.25, -0.2) is 4.40 Å². The van der Waals surface area contributed by atoms with E-state index >= 15 is 0 Å². The minimum absolute atomic E-state index is 0.400. The third-order valence-corrected chi connectivity index (χ3v) is 1.78. The average molecular weight is 246 g/mol. The van der Waals surface area contributed by atoms with Crippen molar-refractivity contribution in [2.45, 2.75) is 17.1 Å². The summed E-state index contributed by atoms with van der Waals surface area (Å²) < 4.78 is 68.6. The number of alkyl halides is 7. The molecule has 0 spiro atoms. The van der Waals surface area contributed by atoms with Crippen LogP contribution < -0.4 is 0 Å². The van der Waals surface area contributed by atoms with Gasteiger partial charge >= 0.3 is 12.4 Å². The van der Waals surface area contributed by atoms with E-state index in [4.69, 9.17) is 0 Å². The lowest BCUT2D eigenvalue weighted by Gasteiger charge is -2.09. The van der Waals surface area contributed by atoms with E-state index in [2.05, 4.69) is 16.0 Å². The van der Waals surface area contributed by atoms with Gasteiger partial charge in [-0.15, -0.1) is 0 Å². The number of hydrogen-bond donors (Lipinski definition) is 0. The van der Waals surface area contributed by atoms with Crippen LogP contribution in [0.4, 0.5) is 26.3 Å². The van der Waals surface area contributed by atoms with E-state index in [-0.39, 0.29) is 0 Å². The Bertz CT molecular complexity index is 186. The third-order valence-electron chi connectivity index (χ3n) is 0.610. The van der Waals surface area contributed by atoms with Crippen molar-refractivity contribution in [2.24, 2.45) is 4.40 Å². The van der Waals surface area contributed by atoms with E-state index in [0.29, 0.717) is 0 Å². The van der Waals surface area contributed by atoms with Crippen LogP contribution in [0.15, 0.2) is 4.40 Å². The number of rotatable bonds is 2. The highest BCUT2D eigenvalue weighted by Crippen LogP contribution is 2.33. The zero-order chi connectivity index (χ0) is 10.7. The van der Waals surface area contributed by atoms with Crippen molar-refractivity contribution in [1.82, 2.24) is 0 Å². The van der Waals surface area contributed by atoms with E-state index in [1.54, 1.807) is 0 Å². The van der Waals surface area contributed by atoms with Gasteiger partial charge < -0.3 is 0 Å². The second kappa shape index (κ2) is 4.41. The summed E-state index contributed by atoms with van der Waals surface area (Å²) in [5.41, 5.74) is 0. The predicted molar refractivity (Wildman–Crippen MR) is 37.8 cm³/mol. The molecule has 0 saturated heterocycles. The van der Waals surface area contributed by atoms with Crippen molar-refractivity contribution in [1.29, 1.82) is 0 Å². The predicted octanol–water partition coefficient (Wildman–Crippen LogP) is 3.39. The molecule has 0 heterocycles. The summed E-state index contributed by atoms with van der Waals surface area (Å²) in [6.45, 7) is 0. The Hall–Kier alpha value is -0.110. The molecule has 0 aliphatic carbocycles. The molecule has 0 amide bonds. The summed E-state index contributed by atoms with van der Waals surface area (Å²) in [5.74, 6) is 0. The Morgan fingerprint density at radius 2 is 1.62 bits per heavy atom. The van der Waals surface area contributed by atoms with E-state index < -0.39 is 35.2 Å². The van der Waals surface area contributed by atoms with Gasteiger partial charge in [0.15, 0.2) is 4.71 Å². The van der Waals surface area contributed by atoms with Gasteiger partial charge in [0.25, 0.3) is 0 Å². The van der Waals surface area contributed by atoms with Gasteiger partial charge in [-0.05, 0) is 0 Å². The van der Waals surface area contributed by atoms with Crippen LogP contribution in [0.3, 0.4) is 0 Å². The third kappa shape index (κ3) is 7.00. The molecule has 0 aliphatic heterocycles. The molecule has 0 fully saturated rings. The molecule has 0 radical (unpaired) electrons. The first-order valence-corrected chi connectivity index (χ1v) is 3.88. The molecule has 0 aromatic rings. The minimum atomic E-state index is -4.77. The Kier molecular flexibility index (Phi) is 4.37. The maximum absolute atomic E-state index is 11.6. The van der Waals surface area contributed by atoms with Crippen LogP contribution in [-0.4, -0.2) is 23.3 Å². The van der Waals surface area contributed by atoms with Gasteiger partial charge in [-0.1, -0.05) is 11.6 Å². The molecule has 0 saturated carbocycles. The van der Waals surface area contributed by atoms with E-state index in [0.717, 1.165) is 0 Å². The first-order valence-electron chi connectivity index (χ1n) is 2.61. The van der Waals surface area contributed by atoms with Gasteiger partial charge in [0.05, 0.1) is 0 Å². The van der Waals surface area contributed by atoms with Crippen LogP contribution in [0, 0.1) is 0 Å². The van der Waals surface area contributed by atoms with Gasteiger partial charge in [-0.2, -0.15) is 26.3 Å². The van der Waals surface area contributed by atoms with E-state index in [1.165, 1.54) is 0 Å². The molecular weight excluding hydrogens is 244 g/mol. The van der Waals surface area contributed by atoms with Crippen LogP contribution in [0.2, 0.25) is 0 Å². The maximum atomic E-state index is 11.6. The van der Waals surface area contributed by atoms with E-state index in [1.807, 2.05) is 0 Å². The molecule has 13 heavy (non-hydrogen) atoms. The number of halogens is 7. The second-order valence-electron chi connectivity index (χ2n) is 1.74. The van der Waals surface area contributed by atoms with Crippen LogP contribution in [0.5, 0.6) is 0 Å². The fourth-order valence-electron chi connectivity index (χ4n) is 0.203. The standard InChI is InChI=1S/C4H2ClF6NS/c5-2(4(9,10)11)13-12-1-3(6,7)8/h1-2H. The fourth-order valence-corrected chi connectivity index (χ4v) is 0.748. The lowest BCUT2D eigenvalue weighted by molar-refractivity contribution is -0.113. The lowest BCUT2D eigenvalue weighted by atomic mass is 10.7. The highest BCUT2D eigenvalue weighted by atomic mass is 35.5. The summed E-state index contributed by atoms with van der Waals surface area (Å²) in [6, 6.07) is 0. The van der Waals surface area contributed by atoms with Crippen molar-refractivity contribution in [3.05, 3.63) is 0 Å². The molecule has 0 N–H and O–H groups in total. The molecule has 1 unspecified atom stereocenters. The molecule has 1 atom stereocenters. The van der Waals surface area contributed by atoms with Crippen molar-refractivity contribution in [3.63, 3.8) is 0 Å². The molecule has 0 aromatic heterocycles. The normalized spacial score (nSPS) is 16.5. The topological polar surface area (TPSA) is 12.4 Å². The van der Waals surface area contributed by atoms with Gasteiger partial charge in [0.1, 0.15) is 6.21 Å². The lowest BCUT2D eigenvalue weighted by Crippen LogP contribution is -2.19. The maximum Gasteiger partial charge on any atom is 0.427 e. The SMILES string of the molecule is FC(F)(F)C=NSC(Cl)C(F)(F)F. The first-order chi connectivity index (χ1) is 5.63. The Morgan fingerprint density at radius 1 is 1.15 bits per heavy atom. The fraction of sp³-hybridized carbons (Fsp3) is 0.750. The second-order valence-corrected chi connectivity index (χ2v) is 3.33. The van der Waals surface area contributed by atoms with Gasteiger partial charge in [0, 0.05) is 11.9 Å². The summed E-state index contributed by atoms with van der Waals surface area (Å²) in [5, 5.41) is 0. The van der Waals surface area contributed by atoms with Crippen LogP contribution in [0.1, 0.15) is 0 Å². The zero-order valence-electron chi connectivity index (χ0n) is 5.66. The van der Waals surface area contributed by atoms with Gasteiger partial charge in [-0.3, -0.25) is 0 Å². The summed E-state index contributed by atoms with van der Waals surface area (Å²) >= 11 is 4.24. The van der Waals surface area contributed by atoms with E-state index in [9.17, 15) is 26.3 Å². The molecule has 0 aromatic carbocycles. The van der Waals surface area contributed by atoms with Crippen molar-refractivity contribution < 1.29 is 26.3 Å². The number of nitrogens with zero attached hydrogens (tertiary/aromatic N) is 1. The molecular formula is C4H2ClF6NS. The van der Waals surface area contributed by atoms with Crippen molar-refractivity contribution in [3.8, 4) is 0 Å². The summed E-state index contributed by atoms with van der Waals surface area (Å²) in [6.07, 6.45) is -10.1. The molecule has 0 bridgehead atoms. The Balaban J connectivity index is 3.98.